The number of nitro benzene ring substituents is 2. The second kappa shape index (κ2) is 6.91. The lowest BCUT2D eigenvalue weighted by atomic mass is 10.1. The summed E-state index contributed by atoms with van der Waals surface area (Å²) in [6, 6.07) is 1.66. The number of anilines is 1. The Balaban J connectivity index is 2.63. The first-order valence-electron chi connectivity index (χ1n) is 6.52. The topological polar surface area (TPSA) is 133 Å². The van der Waals surface area contributed by atoms with Crippen molar-refractivity contribution in [3.63, 3.8) is 0 Å². The molecule has 0 radical (unpaired) electrons. The first kappa shape index (κ1) is 19.6. The molecule has 27 heavy (non-hydrogen) atoms. The van der Waals surface area contributed by atoms with E-state index in [2.05, 4.69) is 0 Å². The SMILES string of the molecule is NN(C(=O)c1c(F)c(F)c(F)c(F)c1F)c1ccc([N+](=O)[O-])cc1[N+](=O)[O-]. The highest BCUT2D eigenvalue weighted by molar-refractivity contribution is 6.07. The number of amides is 1. The molecule has 0 aromatic heterocycles. The second-order valence-electron chi connectivity index (χ2n) is 4.81. The minimum Gasteiger partial charge on any atom is -0.267 e. The van der Waals surface area contributed by atoms with Gasteiger partial charge in [0.25, 0.3) is 11.6 Å². The molecule has 0 aliphatic carbocycles. The number of halogens is 5. The van der Waals surface area contributed by atoms with Crippen molar-refractivity contribution in [1.29, 1.82) is 0 Å². The van der Waals surface area contributed by atoms with Crippen molar-refractivity contribution in [2.24, 2.45) is 5.84 Å². The molecule has 2 rings (SSSR count). The molecule has 2 aromatic carbocycles. The fraction of sp³-hybridized carbons (Fsp3) is 0. The molecule has 142 valence electrons. The molecule has 0 fully saturated rings. The molecule has 2 aromatic rings. The van der Waals surface area contributed by atoms with E-state index in [0.717, 1.165) is 0 Å². The van der Waals surface area contributed by atoms with Crippen LogP contribution in [0.5, 0.6) is 0 Å². The summed E-state index contributed by atoms with van der Waals surface area (Å²) in [4.78, 5) is 31.6. The predicted molar refractivity (Wildman–Crippen MR) is 77.0 cm³/mol. The molecule has 0 saturated heterocycles. The van der Waals surface area contributed by atoms with Crippen molar-refractivity contribution in [2.75, 3.05) is 5.01 Å². The lowest BCUT2D eigenvalue weighted by Crippen LogP contribution is -2.39. The lowest BCUT2D eigenvalue weighted by Gasteiger charge is -2.17. The van der Waals surface area contributed by atoms with Gasteiger partial charge < -0.3 is 0 Å². The monoisotopic (exact) mass is 392 g/mol. The van der Waals surface area contributed by atoms with E-state index in [4.69, 9.17) is 5.84 Å². The van der Waals surface area contributed by atoms with Gasteiger partial charge in [0.2, 0.25) is 5.82 Å². The van der Waals surface area contributed by atoms with E-state index in [1.54, 1.807) is 0 Å². The molecule has 0 aliphatic heterocycles. The molecule has 0 heterocycles. The summed E-state index contributed by atoms with van der Waals surface area (Å²) in [6.45, 7) is 0. The predicted octanol–water partition coefficient (Wildman–Crippen LogP) is 2.72. The summed E-state index contributed by atoms with van der Waals surface area (Å²) < 4.78 is 66.9. The van der Waals surface area contributed by atoms with Gasteiger partial charge in [-0.2, -0.15) is 0 Å². The van der Waals surface area contributed by atoms with Crippen LogP contribution in [0.2, 0.25) is 0 Å². The normalized spacial score (nSPS) is 10.6. The van der Waals surface area contributed by atoms with E-state index < -0.39 is 67.5 Å². The Labute approximate surface area is 144 Å². The van der Waals surface area contributed by atoms with Crippen LogP contribution in [0.1, 0.15) is 10.4 Å². The zero-order chi connectivity index (χ0) is 20.6. The number of hydrogen-bond donors (Lipinski definition) is 1. The van der Waals surface area contributed by atoms with Crippen LogP contribution in [0.4, 0.5) is 39.0 Å². The molecule has 2 N–H and O–H groups in total. The van der Waals surface area contributed by atoms with Crippen molar-refractivity contribution >= 4 is 23.0 Å². The zero-order valence-electron chi connectivity index (χ0n) is 12.6. The highest BCUT2D eigenvalue weighted by Gasteiger charge is 2.34. The summed E-state index contributed by atoms with van der Waals surface area (Å²) in [7, 11) is 0. The number of hydrogen-bond acceptors (Lipinski definition) is 6. The Morgan fingerprint density at radius 1 is 0.889 bits per heavy atom. The van der Waals surface area contributed by atoms with Gasteiger partial charge in [0.1, 0.15) is 11.3 Å². The van der Waals surface area contributed by atoms with E-state index in [1.165, 1.54) is 0 Å². The standard InChI is InChI=1S/C13H5F5N4O5/c14-8-7(9(15)11(17)12(18)10(8)16)13(23)20(19)5-2-1-4(21(24)25)3-6(5)22(26)27/h1-3H,19H2. The third kappa shape index (κ3) is 3.24. The van der Waals surface area contributed by atoms with Crippen molar-refractivity contribution < 1.29 is 36.6 Å². The summed E-state index contributed by atoms with van der Waals surface area (Å²) in [5, 5.41) is 21.4. The average Bonchev–Trinajstić information content (AvgIpc) is 2.63. The fourth-order valence-electron chi connectivity index (χ4n) is 2.00. The molecule has 0 saturated carbocycles. The largest absolute Gasteiger partial charge is 0.301 e. The van der Waals surface area contributed by atoms with Crippen LogP contribution in [0, 0.1) is 49.3 Å². The number of carbonyl (C=O) groups excluding carboxylic acids is 1. The van der Waals surface area contributed by atoms with Crippen molar-refractivity contribution in [3.05, 3.63) is 73.1 Å². The third-order valence-corrected chi connectivity index (χ3v) is 3.27. The Bertz CT molecular complexity index is 971. The summed E-state index contributed by atoms with van der Waals surface area (Å²) in [6.07, 6.45) is 0. The van der Waals surface area contributed by atoms with Crippen LogP contribution >= 0.6 is 0 Å². The summed E-state index contributed by atoms with van der Waals surface area (Å²) >= 11 is 0. The Morgan fingerprint density at radius 2 is 1.37 bits per heavy atom. The van der Waals surface area contributed by atoms with Gasteiger partial charge in [0, 0.05) is 6.07 Å². The third-order valence-electron chi connectivity index (χ3n) is 3.27. The maximum Gasteiger partial charge on any atom is 0.301 e. The maximum atomic E-state index is 13.7. The molecule has 0 spiro atoms. The van der Waals surface area contributed by atoms with E-state index in [9.17, 15) is 47.0 Å². The van der Waals surface area contributed by atoms with Crippen LogP contribution < -0.4 is 10.9 Å². The number of rotatable bonds is 4. The van der Waals surface area contributed by atoms with Crippen LogP contribution in [0.3, 0.4) is 0 Å². The fourth-order valence-corrected chi connectivity index (χ4v) is 2.00. The number of carbonyl (C=O) groups is 1. The van der Waals surface area contributed by atoms with Gasteiger partial charge in [-0.25, -0.2) is 32.8 Å². The Morgan fingerprint density at radius 3 is 1.81 bits per heavy atom. The first-order valence-corrected chi connectivity index (χ1v) is 6.52. The Kier molecular flexibility index (Phi) is 5.03. The number of non-ortho nitro benzene ring substituents is 1. The number of nitro groups is 2. The highest BCUT2D eigenvalue weighted by atomic mass is 19.2. The van der Waals surface area contributed by atoms with Gasteiger partial charge in [-0.3, -0.25) is 25.0 Å². The van der Waals surface area contributed by atoms with Crippen molar-refractivity contribution in [1.82, 2.24) is 0 Å². The Hall–Kier alpha value is -3.68. The van der Waals surface area contributed by atoms with Gasteiger partial charge in [-0.05, 0) is 6.07 Å². The number of benzene rings is 2. The summed E-state index contributed by atoms with van der Waals surface area (Å²) in [5.41, 5.74) is -4.74. The summed E-state index contributed by atoms with van der Waals surface area (Å²) in [5.74, 6) is -9.15. The van der Waals surface area contributed by atoms with Crippen molar-refractivity contribution in [3.8, 4) is 0 Å². The van der Waals surface area contributed by atoms with Gasteiger partial charge in [-0.1, -0.05) is 0 Å². The highest BCUT2D eigenvalue weighted by Crippen LogP contribution is 2.32. The minimum atomic E-state index is -2.52. The zero-order valence-corrected chi connectivity index (χ0v) is 12.6. The number of nitrogens with two attached hydrogens (primary N) is 1. The minimum absolute atomic E-state index is 0.264. The van der Waals surface area contributed by atoms with Crippen LogP contribution in [-0.4, -0.2) is 15.8 Å². The maximum absolute atomic E-state index is 13.7. The smallest absolute Gasteiger partial charge is 0.267 e. The molecule has 0 bridgehead atoms. The molecular weight excluding hydrogens is 387 g/mol. The molecule has 14 heteroatoms. The second-order valence-corrected chi connectivity index (χ2v) is 4.81. The molecular formula is C13H5F5N4O5. The molecule has 0 atom stereocenters. The van der Waals surface area contributed by atoms with Gasteiger partial charge in [-0.15, -0.1) is 0 Å². The molecule has 0 unspecified atom stereocenters. The number of hydrazine groups is 1. The first-order chi connectivity index (χ1) is 12.5. The quantitative estimate of drug-likeness (QED) is 0.162. The van der Waals surface area contributed by atoms with Crippen molar-refractivity contribution in [2.45, 2.75) is 0 Å². The van der Waals surface area contributed by atoms with E-state index >= 15 is 0 Å². The number of nitrogens with zero attached hydrogens (tertiary/aromatic N) is 3. The van der Waals surface area contributed by atoms with Crippen LogP contribution in [-0.2, 0) is 0 Å². The van der Waals surface area contributed by atoms with E-state index in [-0.39, 0.29) is 5.01 Å². The molecule has 9 nitrogen and oxygen atoms in total. The van der Waals surface area contributed by atoms with E-state index in [0.29, 0.717) is 18.2 Å². The molecule has 1 amide bonds. The average molecular weight is 392 g/mol. The van der Waals surface area contributed by atoms with Gasteiger partial charge >= 0.3 is 5.69 Å². The van der Waals surface area contributed by atoms with Gasteiger partial charge in [0.05, 0.1) is 15.9 Å². The van der Waals surface area contributed by atoms with Gasteiger partial charge in [0.15, 0.2) is 23.3 Å². The van der Waals surface area contributed by atoms with E-state index in [1.807, 2.05) is 0 Å². The van der Waals surface area contributed by atoms with Crippen LogP contribution in [0.15, 0.2) is 18.2 Å². The van der Waals surface area contributed by atoms with Crippen LogP contribution in [0.25, 0.3) is 0 Å². The lowest BCUT2D eigenvalue weighted by molar-refractivity contribution is -0.393. The molecule has 0 aliphatic rings.